The van der Waals surface area contributed by atoms with Crippen LogP contribution in [0.25, 0.3) is 20.4 Å². The van der Waals surface area contributed by atoms with E-state index < -0.39 is 0 Å². The summed E-state index contributed by atoms with van der Waals surface area (Å²) in [7, 11) is 5.34. The molecule has 0 unspecified atom stereocenters. The number of azo groups is 2. The van der Waals surface area contributed by atoms with Gasteiger partial charge in [-0.1, -0.05) is 137 Å². The van der Waals surface area contributed by atoms with Crippen molar-refractivity contribution in [2.75, 3.05) is 88.0 Å². The zero-order valence-corrected chi connectivity index (χ0v) is 57.5. The Morgan fingerprint density at radius 3 is 1.22 bits per heavy atom. The van der Waals surface area contributed by atoms with E-state index in [0.717, 1.165) is 125 Å². The van der Waals surface area contributed by atoms with E-state index in [0.29, 0.717) is 38.2 Å². The highest BCUT2D eigenvalue weighted by molar-refractivity contribution is 7.22. The summed E-state index contributed by atoms with van der Waals surface area (Å²) in [5.74, 6) is 1.65. The Bertz CT molecular complexity index is 3750. The largest absolute Gasteiger partial charge is 0.497 e. The molecule has 0 bridgehead atoms. The molecule has 2 heterocycles. The van der Waals surface area contributed by atoms with Gasteiger partial charge in [0.2, 0.25) is 5.13 Å². The first-order valence-corrected chi connectivity index (χ1v) is 34.0. The fourth-order valence-electron chi connectivity index (χ4n) is 9.82. The number of nitrogens with zero attached hydrogens (tertiary/aromatic N) is 9. The molecule has 0 saturated carbocycles. The second kappa shape index (κ2) is 39.1. The van der Waals surface area contributed by atoms with Crippen molar-refractivity contribution in [2.24, 2.45) is 27.5 Å². The van der Waals surface area contributed by atoms with Crippen molar-refractivity contribution in [1.29, 1.82) is 0 Å². The number of ether oxygens (including phenoxy) is 5. The number of anilines is 3. The summed E-state index contributed by atoms with van der Waals surface area (Å²) in [5, 5.41) is 19.1. The minimum absolute atomic E-state index is 0.629. The minimum Gasteiger partial charge on any atom is -0.497 e. The lowest BCUT2D eigenvalue weighted by Gasteiger charge is -2.23. The lowest BCUT2D eigenvalue weighted by Crippen LogP contribution is -2.27. The molecule has 0 aliphatic carbocycles. The van der Waals surface area contributed by atoms with Gasteiger partial charge in [-0.25, -0.2) is 9.55 Å². The van der Waals surface area contributed by atoms with E-state index in [1.807, 2.05) is 92.2 Å². The Morgan fingerprint density at radius 2 is 0.804 bits per heavy atom. The predicted molar refractivity (Wildman–Crippen MR) is 385 cm³/mol. The van der Waals surface area contributed by atoms with E-state index in [2.05, 4.69) is 203 Å². The van der Waals surface area contributed by atoms with E-state index in [9.17, 15) is 0 Å². The van der Waals surface area contributed by atoms with Gasteiger partial charge in [-0.3, -0.25) is 0 Å². The fourth-order valence-corrected chi connectivity index (χ4v) is 11.6. The third-order valence-electron chi connectivity index (χ3n) is 15.4. The molecular weight excluding hydrogens is 1180 g/mol. The van der Waals surface area contributed by atoms with Crippen molar-refractivity contribution in [3.63, 3.8) is 0 Å². The zero-order valence-electron chi connectivity index (χ0n) is 55.9. The summed E-state index contributed by atoms with van der Waals surface area (Å²) < 4.78 is 32.4. The van der Waals surface area contributed by atoms with E-state index in [-0.39, 0.29) is 0 Å². The standard InChI is InChI=1S/C28H33N4O2S.C27H30N4O2S.C19H25NO.C2H6/c1-5-21-7-9-22(10-8-21)20-34-18-17-32(6-2)24-13-11-23(12-14-24)29-30-28-31(3)26-16-15-25(33-4)19-27(26)35-28;1-4-20-6-8-21(9-7-20)19-33-17-16-31(5-2)23-12-10-22(11-13-23)29-30-27-28-25-15-14-24(32-3)18-26(25)34-27;1-3-17-10-12-18(13-11-17)16-21-15-14-20(4-2)19-8-6-5-7-9-19;1-2/h7-16,19H,5-6,17-18,20H2,1-4H3;6-15,18H,4-5,16-17,19H2,1-3H3;5-13H,3-4,14-16H2,1-2H3;1-2H3/q+1;;;. The fraction of sp³-hybridized carbons (Fsp3) is 0.342. The van der Waals surface area contributed by atoms with Crippen molar-refractivity contribution >= 4 is 81.8 Å². The van der Waals surface area contributed by atoms with Crippen LogP contribution in [0.15, 0.2) is 209 Å². The van der Waals surface area contributed by atoms with Gasteiger partial charge in [-0.15, -0.1) is 10.2 Å². The van der Waals surface area contributed by atoms with Gasteiger partial charge in [0.1, 0.15) is 22.7 Å². The van der Waals surface area contributed by atoms with Gasteiger partial charge in [0.05, 0.1) is 86.6 Å². The van der Waals surface area contributed by atoms with Gasteiger partial charge >= 0.3 is 5.13 Å². The van der Waals surface area contributed by atoms with Gasteiger partial charge in [0.25, 0.3) is 0 Å². The van der Waals surface area contributed by atoms with Crippen molar-refractivity contribution in [1.82, 2.24) is 4.98 Å². The molecule has 92 heavy (non-hydrogen) atoms. The monoisotopic (exact) mass is 1280 g/mol. The van der Waals surface area contributed by atoms with E-state index >= 15 is 0 Å². The second-order valence-corrected chi connectivity index (χ2v) is 23.3. The highest BCUT2D eigenvalue weighted by atomic mass is 32.1. The Labute approximate surface area is 554 Å². The Balaban J connectivity index is 0.000000199. The summed E-state index contributed by atoms with van der Waals surface area (Å²) in [6.07, 6.45) is 3.21. The van der Waals surface area contributed by atoms with Crippen LogP contribution in [0.4, 0.5) is 38.7 Å². The molecular formula is C76H94N9O5S2+. The number of methoxy groups -OCH3 is 2. The molecule has 0 spiro atoms. The smallest absolute Gasteiger partial charge is 0.409 e. The lowest BCUT2D eigenvalue weighted by atomic mass is 10.1. The van der Waals surface area contributed by atoms with Gasteiger partial charge < -0.3 is 38.4 Å². The van der Waals surface area contributed by atoms with Crippen molar-refractivity contribution in [3.05, 3.63) is 221 Å². The molecule has 0 fully saturated rings. The van der Waals surface area contributed by atoms with E-state index in [1.54, 1.807) is 25.6 Å². The molecule has 2 aromatic heterocycles. The van der Waals surface area contributed by atoms with Crippen LogP contribution in [0.5, 0.6) is 11.5 Å². The topological polar surface area (TPSA) is 122 Å². The first-order chi connectivity index (χ1) is 45.1. The molecule has 10 aromatic rings. The van der Waals surface area contributed by atoms with Crippen molar-refractivity contribution < 1.29 is 28.3 Å². The van der Waals surface area contributed by atoms with E-state index in [4.69, 9.17) is 23.7 Å². The Kier molecular flexibility index (Phi) is 30.2. The maximum atomic E-state index is 5.92. The van der Waals surface area contributed by atoms with Crippen molar-refractivity contribution in [3.8, 4) is 11.5 Å². The number of hydrogen-bond donors (Lipinski definition) is 0. The summed E-state index contributed by atoms with van der Waals surface area (Å²) in [4.78, 5) is 11.4. The molecule has 0 amide bonds. The van der Waals surface area contributed by atoms with Crippen LogP contribution in [0.2, 0.25) is 0 Å². The van der Waals surface area contributed by atoms with Crippen LogP contribution in [0.1, 0.15) is 88.8 Å². The molecule has 0 atom stereocenters. The number of likely N-dealkylation sites (N-methyl/N-ethyl adjacent to an activating group) is 3. The van der Waals surface area contributed by atoms with Crippen molar-refractivity contribution in [2.45, 2.75) is 94.5 Å². The second-order valence-electron chi connectivity index (χ2n) is 21.3. The third kappa shape index (κ3) is 22.2. The minimum atomic E-state index is 0.629. The molecule has 8 aromatic carbocycles. The number of aryl methyl sites for hydroxylation is 4. The number of rotatable bonds is 30. The number of fused-ring (bicyclic) bond motifs is 2. The number of aromatic nitrogens is 2. The molecule has 0 aliphatic heterocycles. The van der Waals surface area contributed by atoms with Gasteiger partial charge in [0, 0.05) is 62.4 Å². The van der Waals surface area contributed by atoms with Crippen LogP contribution >= 0.6 is 22.7 Å². The molecule has 16 heteroatoms. The maximum Gasteiger partial charge on any atom is 0.409 e. The highest BCUT2D eigenvalue weighted by Gasteiger charge is 2.17. The molecule has 14 nitrogen and oxygen atoms in total. The third-order valence-corrected chi connectivity index (χ3v) is 17.4. The van der Waals surface area contributed by atoms with Crippen LogP contribution in [-0.4, -0.2) is 78.3 Å². The molecule has 484 valence electrons. The summed E-state index contributed by atoms with van der Waals surface area (Å²) in [6.45, 7) is 26.5. The molecule has 0 radical (unpaired) electrons. The average molecular weight is 1280 g/mol. The lowest BCUT2D eigenvalue weighted by molar-refractivity contribution is -0.627. The molecule has 10 rings (SSSR count). The number of para-hydroxylation sites is 1. The van der Waals surface area contributed by atoms with Crippen LogP contribution in [-0.2, 0) is 60.3 Å². The number of benzene rings is 8. The number of thiazole rings is 2. The molecule has 0 aliphatic rings. The first kappa shape index (κ1) is 71.1. The van der Waals surface area contributed by atoms with Crippen LogP contribution < -0.4 is 28.7 Å². The summed E-state index contributed by atoms with van der Waals surface area (Å²) >= 11 is 3.09. The van der Waals surface area contributed by atoms with E-state index in [1.165, 1.54) is 50.4 Å². The highest BCUT2D eigenvalue weighted by Crippen LogP contribution is 2.33. The normalized spacial score (nSPS) is 11.0. The van der Waals surface area contributed by atoms with Crippen LogP contribution in [0.3, 0.4) is 0 Å². The summed E-state index contributed by atoms with van der Waals surface area (Å²) in [5.41, 5.74) is 14.9. The Morgan fingerprint density at radius 1 is 0.413 bits per heavy atom. The van der Waals surface area contributed by atoms with Gasteiger partial charge in [0.15, 0.2) is 0 Å². The zero-order chi connectivity index (χ0) is 65.3. The van der Waals surface area contributed by atoms with Gasteiger partial charge in [-0.2, -0.15) is 0 Å². The SMILES string of the molecule is CC.CCc1ccc(COCCN(CC)c2ccc(N=Nc3nc4ccc(OC)cc4s3)cc2)cc1.CCc1ccc(COCCN(CC)c2ccc(N=Nc3sc4cc(OC)ccc4[n+]3C)cc2)cc1.CCc1ccc(COCCN(CC)c2ccccc2)cc1. The average Bonchev–Trinajstić information content (AvgIpc) is 1.71. The summed E-state index contributed by atoms with van der Waals surface area (Å²) in [6, 6.07) is 64.6. The Hall–Kier alpha value is -8.38. The predicted octanol–water partition coefficient (Wildman–Crippen LogP) is 19.4. The first-order valence-electron chi connectivity index (χ1n) is 32.3. The molecule has 0 saturated heterocycles. The van der Waals surface area contributed by atoms with Gasteiger partial charge in [-0.05, 0) is 181 Å². The quantitative estimate of drug-likeness (QED) is 0.0246. The van der Waals surface area contributed by atoms with Crippen LogP contribution in [0, 0.1) is 0 Å². The number of hydrogen-bond acceptors (Lipinski definition) is 15. The maximum absolute atomic E-state index is 5.92. The molecule has 0 N–H and O–H groups in total.